The number of allylic oxidation sites excluding steroid dienone is 14. The highest BCUT2D eigenvalue weighted by atomic mass is 31.2. The first-order valence-electron chi connectivity index (χ1n) is 36.1. The van der Waals surface area contributed by atoms with Gasteiger partial charge >= 0.3 is 19.8 Å². The fourth-order valence-electron chi connectivity index (χ4n) is 10.5. The smallest absolute Gasteiger partial charge is 0.462 e. The van der Waals surface area contributed by atoms with Gasteiger partial charge in [-0.3, -0.25) is 18.6 Å². The SMILES string of the molecule is CC/C=C\C/C=C\C/C=C\C/C=C\C/C=C\CCCCCCCCCCCCCCCCCCCCCC(=O)OC(COC(=O)CCCCCCCCCCCCCCCCCCC/C=C\C/C=C\CCCCCCC)COP(=O)(O)OCCN. The zero-order valence-electron chi connectivity index (χ0n) is 55.6. The van der Waals surface area contributed by atoms with Crippen LogP contribution in [0, 0.1) is 0 Å². The summed E-state index contributed by atoms with van der Waals surface area (Å²) in [7, 11) is -4.39. The van der Waals surface area contributed by atoms with E-state index in [2.05, 4.69) is 98.9 Å². The lowest BCUT2D eigenvalue weighted by atomic mass is 10.0. The van der Waals surface area contributed by atoms with Crippen LogP contribution in [0.2, 0.25) is 0 Å². The maximum Gasteiger partial charge on any atom is 0.472 e. The van der Waals surface area contributed by atoms with E-state index in [9.17, 15) is 19.0 Å². The Morgan fingerprint density at radius 1 is 0.365 bits per heavy atom. The molecule has 0 spiro atoms. The molecule has 0 aromatic rings. The van der Waals surface area contributed by atoms with Gasteiger partial charge in [0.15, 0.2) is 6.10 Å². The van der Waals surface area contributed by atoms with Crippen molar-refractivity contribution in [1.82, 2.24) is 0 Å². The number of carbonyl (C=O) groups excluding carboxylic acids is 2. The molecule has 10 heteroatoms. The molecule has 0 aliphatic rings. The first-order valence-corrected chi connectivity index (χ1v) is 37.6. The molecule has 0 rings (SSSR count). The van der Waals surface area contributed by atoms with Gasteiger partial charge in [-0.15, -0.1) is 0 Å². The topological polar surface area (TPSA) is 134 Å². The highest BCUT2D eigenvalue weighted by molar-refractivity contribution is 7.47. The standard InChI is InChI=1S/C75H136NO8P/c1-3-5-7-9-11-13-15-17-19-21-23-25-27-29-31-33-34-35-36-37-38-40-42-44-46-48-50-52-54-56-58-60-62-64-66-68-75(78)84-73(72-83-85(79,80)82-70-69-76)71-81-74(77)67-65-63-61-59-57-55-53-51-49-47-45-43-41-39-32-30-28-26-24-22-20-18-16-14-12-10-8-6-4-2/h5,7,11,13,16-19,22-25,29,31,73H,3-4,6,8-10,12,14-15,20-21,26-28,30,32-72,76H2,1-2H3,(H,79,80)/b7-5-,13-11-,18-16-,19-17-,24-22-,25-23-,31-29-. The van der Waals surface area contributed by atoms with Crippen molar-refractivity contribution in [2.45, 2.75) is 354 Å². The molecular weight excluding hydrogens is 1070 g/mol. The summed E-state index contributed by atoms with van der Waals surface area (Å²) in [5, 5.41) is 0. The number of carbonyl (C=O) groups is 2. The van der Waals surface area contributed by atoms with Gasteiger partial charge in [-0.05, 0) is 89.9 Å². The summed E-state index contributed by atoms with van der Waals surface area (Å²) in [5.74, 6) is -0.812. The molecule has 0 bridgehead atoms. The van der Waals surface area contributed by atoms with Gasteiger partial charge in [0.2, 0.25) is 0 Å². The molecule has 0 radical (unpaired) electrons. The van der Waals surface area contributed by atoms with Gasteiger partial charge in [-0.2, -0.15) is 0 Å². The summed E-state index contributed by atoms with van der Waals surface area (Å²) in [6.45, 7) is 3.67. The number of nitrogens with two attached hydrogens (primary N) is 1. The van der Waals surface area contributed by atoms with Crippen LogP contribution in [0.4, 0.5) is 0 Å². The zero-order chi connectivity index (χ0) is 61.6. The fourth-order valence-corrected chi connectivity index (χ4v) is 11.2. The van der Waals surface area contributed by atoms with E-state index in [1.807, 2.05) is 0 Å². The van der Waals surface area contributed by atoms with Crippen LogP contribution < -0.4 is 5.73 Å². The van der Waals surface area contributed by atoms with E-state index in [0.717, 1.165) is 77.0 Å². The van der Waals surface area contributed by atoms with Crippen LogP contribution in [-0.2, 0) is 32.7 Å². The normalized spacial score (nSPS) is 13.4. The average Bonchev–Trinajstić information content (AvgIpc) is 3.52. The Morgan fingerprint density at radius 3 is 0.965 bits per heavy atom. The summed E-state index contributed by atoms with van der Waals surface area (Å²) < 4.78 is 33.2. The van der Waals surface area contributed by atoms with E-state index in [4.69, 9.17) is 24.3 Å². The molecule has 2 unspecified atom stereocenters. The minimum absolute atomic E-state index is 0.0533. The minimum atomic E-state index is -4.39. The van der Waals surface area contributed by atoms with Crippen LogP contribution in [0.15, 0.2) is 85.1 Å². The molecule has 3 N–H and O–H groups in total. The van der Waals surface area contributed by atoms with Crippen LogP contribution in [0.25, 0.3) is 0 Å². The van der Waals surface area contributed by atoms with Crippen LogP contribution in [-0.4, -0.2) is 49.3 Å². The Labute approximate surface area is 525 Å². The van der Waals surface area contributed by atoms with Gasteiger partial charge in [-0.25, -0.2) is 4.57 Å². The average molecular weight is 1210 g/mol. The lowest BCUT2D eigenvalue weighted by Crippen LogP contribution is -2.29. The van der Waals surface area contributed by atoms with Gasteiger partial charge in [0.25, 0.3) is 0 Å². The van der Waals surface area contributed by atoms with Crippen molar-refractivity contribution in [1.29, 1.82) is 0 Å². The molecule has 0 saturated heterocycles. The maximum atomic E-state index is 12.8. The quantitative estimate of drug-likeness (QED) is 0.0264. The maximum absolute atomic E-state index is 12.8. The first-order chi connectivity index (χ1) is 41.8. The number of ether oxygens (including phenoxy) is 2. The van der Waals surface area contributed by atoms with E-state index in [1.165, 1.54) is 238 Å². The van der Waals surface area contributed by atoms with Crippen LogP contribution in [0.5, 0.6) is 0 Å². The molecule has 2 atom stereocenters. The number of unbranched alkanes of at least 4 members (excludes halogenated alkanes) is 41. The van der Waals surface area contributed by atoms with Crippen molar-refractivity contribution in [2.75, 3.05) is 26.4 Å². The third-order valence-corrected chi connectivity index (χ3v) is 16.7. The second kappa shape index (κ2) is 70.3. The molecule has 0 aliphatic heterocycles. The molecule has 0 saturated carbocycles. The number of phosphoric acid groups is 1. The fraction of sp³-hybridized carbons (Fsp3) is 0.787. The summed E-state index contributed by atoms with van der Waals surface area (Å²) in [4.78, 5) is 35.4. The third kappa shape index (κ3) is 70.2. The van der Waals surface area contributed by atoms with Crippen LogP contribution >= 0.6 is 7.82 Å². The van der Waals surface area contributed by atoms with Crippen LogP contribution in [0.3, 0.4) is 0 Å². The molecule has 0 heterocycles. The van der Waals surface area contributed by atoms with Crippen LogP contribution in [0.1, 0.15) is 348 Å². The van der Waals surface area contributed by atoms with E-state index in [1.54, 1.807) is 0 Å². The van der Waals surface area contributed by atoms with E-state index >= 15 is 0 Å². The number of rotatable bonds is 68. The number of hydrogen-bond acceptors (Lipinski definition) is 8. The number of hydrogen-bond donors (Lipinski definition) is 2. The monoisotopic (exact) mass is 1210 g/mol. The van der Waals surface area contributed by atoms with Crippen molar-refractivity contribution >= 4 is 19.8 Å². The van der Waals surface area contributed by atoms with Gasteiger partial charge in [0.1, 0.15) is 6.61 Å². The molecule has 494 valence electrons. The highest BCUT2D eigenvalue weighted by Crippen LogP contribution is 2.43. The molecule has 0 aromatic carbocycles. The molecule has 0 aliphatic carbocycles. The molecule has 0 fully saturated rings. The predicted octanol–water partition coefficient (Wildman–Crippen LogP) is 23.8. The zero-order valence-corrected chi connectivity index (χ0v) is 56.5. The van der Waals surface area contributed by atoms with Gasteiger partial charge in [-0.1, -0.05) is 330 Å². The largest absolute Gasteiger partial charge is 0.472 e. The second-order valence-electron chi connectivity index (χ2n) is 24.1. The van der Waals surface area contributed by atoms with Crippen molar-refractivity contribution < 1.29 is 37.6 Å². The van der Waals surface area contributed by atoms with E-state index < -0.39 is 26.5 Å². The highest BCUT2D eigenvalue weighted by Gasteiger charge is 2.26. The second-order valence-corrected chi connectivity index (χ2v) is 25.5. The van der Waals surface area contributed by atoms with E-state index in [-0.39, 0.29) is 38.6 Å². The Balaban J connectivity index is 3.83. The summed E-state index contributed by atoms with van der Waals surface area (Å²) in [5.41, 5.74) is 5.41. The lowest BCUT2D eigenvalue weighted by Gasteiger charge is -2.19. The summed E-state index contributed by atoms with van der Waals surface area (Å²) in [6.07, 6.45) is 94.0. The Morgan fingerprint density at radius 2 is 0.647 bits per heavy atom. The van der Waals surface area contributed by atoms with Gasteiger partial charge in [0, 0.05) is 19.4 Å². The van der Waals surface area contributed by atoms with Crippen molar-refractivity contribution in [2.24, 2.45) is 5.73 Å². The van der Waals surface area contributed by atoms with Gasteiger partial charge in [0.05, 0.1) is 13.2 Å². The molecular formula is C75H136NO8P. The predicted molar refractivity (Wildman–Crippen MR) is 367 cm³/mol. The summed E-state index contributed by atoms with van der Waals surface area (Å²) in [6, 6.07) is 0. The Hall–Kier alpha value is -2.81. The van der Waals surface area contributed by atoms with Crippen molar-refractivity contribution in [3.05, 3.63) is 85.1 Å². The Bertz CT molecular complexity index is 1670. The van der Waals surface area contributed by atoms with Crippen molar-refractivity contribution in [3.8, 4) is 0 Å². The first kappa shape index (κ1) is 82.2. The Kier molecular flexibility index (Phi) is 68.0. The number of phosphoric ester groups is 1. The minimum Gasteiger partial charge on any atom is -0.462 e. The van der Waals surface area contributed by atoms with E-state index in [0.29, 0.717) is 6.42 Å². The summed E-state index contributed by atoms with van der Waals surface area (Å²) >= 11 is 0. The molecule has 9 nitrogen and oxygen atoms in total. The van der Waals surface area contributed by atoms with Gasteiger partial charge < -0.3 is 20.1 Å². The lowest BCUT2D eigenvalue weighted by molar-refractivity contribution is -0.161. The number of esters is 2. The molecule has 0 aromatic heterocycles. The van der Waals surface area contributed by atoms with Crippen molar-refractivity contribution in [3.63, 3.8) is 0 Å². The molecule has 85 heavy (non-hydrogen) atoms. The molecule has 0 amide bonds. The third-order valence-electron chi connectivity index (χ3n) is 15.8.